The van der Waals surface area contributed by atoms with Gasteiger partial charge in [0.2, 0.25) is 0 Å². The van der Waals surface area contributed by atoms with Crippen molar-refractivity contribution in [2.45, 2.75) is 39.5 Å². The smallest absolute Gasteiger partial charge is 0.159 e. The first-order valence-electron chi connectivity index (χ1n) is 5.61. The molecule has 0 aromatic carbocycles. The first-order chi connectivity index (χ1) is 7.68. The summed E-state index contributed by atoms with van der Waals surface area (Å²) in [7, 11) is 0. The molecular weight excluding hydrogens is 272 g/mol. The highest BCUT2D eigenvalue weighted by atomic mass is 79.9. The minimum absolute atomic E-state index is 0.0589. The van der Waals surface area contributed by atoms with Gasteiger partial charge in [-0.05, 0) is 36.2 Å². The van der Waals surface area contributed by atoms with Gasteiger partial charge in [0, 0.05) is 18.7 Å². The molecule has 16 heavy (non-hydrogen) atoms. The van der Waals surface area contributed by atoms with Crippen LogP contribution in [0.5, 0.6) is 0 Å². The summed E-state index contributed by atoms with van der Waals surface area (Å²) in [6.45, 7) is 6.52. The highest BCUT2D eigenvalue weighted by molar-refractivity contribution is 9.10. The van der Waals surface area contributed by atoms with Crippen LogP contribution in [0.1, 0.15) is 24.2 Å². The second-order valence-corrected chi connectivity index (χ2v) is 4.81. The minimum atomic E-state index is -0.0589. The van der Waals surface area contributed by atoms with Crippen LogP contribution in [0.2, 0.25) is 0 Å². The van der Waals surface area contributed by atoms with Gasteiger partial charge in [-0.15, -0.1) is 0 Å². The van der Waals surface area contributed by atoms with E-state index in [9.17, 15) is 0 Å². The summed E-state index contributed by atoms with van der Waals surface area (Å²) in [5, 5.41) is 4.45. The molecule has 2 heterocycles. The lowest BCUT2D eigenvalue weighted by atomic mass is 10.3. The van der Waals surface area contributed by atoms with Crippen LogP contribution in [0.15, 0.2) is 4.47 Å². The van der Waals surface area contributed by atoms with E-state index < -0.39 is 0 Å². The first-order valence-corrected chi connectivity index (χ1v) is 6.40. The number of rotatable bonds is 3. The quantitative estimate of drug-likeness (QED) is 0.857. The first kappa shape index (κ1) is 12.1. The summed E-state index contributed by atoms with van der Waals surface area (Å²) in [4.78, 5) is 0. The predicted octanol–water partition coefficient (Wildman–Crippen LogP) is 2.42. The molecule has 90 valence electrons. The van der Waals surface area contributed by atoms with Gasteiger partial charge in [-0.25, -0.2) is 0 Å². The van der Waals surface area contributed by atoms with Crippen molar-refractivity contribution in [1.29, 1.82) is 0 Å². The Hall–Kier alpha value is -0.390. The summed E-state index contributed by atoms with van der Waals surface area (Å²) in [6, 6.07) is 0. The molecule has 1 aromatic heterocycles. The van der Waals surface area contributed by atoms with Crippen molar-refractivity contribution in [2.75, 3.05) is 13.2 Å². The van der Waals surface area contributed by atoms with Gasteiger partial charge in [-0.1, -0.05) is 0 Å². The lowest BCUT2D eigenvalue weighted by molar-refractivity contribution is -0.182. The maximum atomic E-state index is 5.50. The van der Waals surface area contributed by atoms with Crippen molar-refractivity contribution in [3.8, 4) is 0 Å². The van der Waals surface area contributed by atoms with Crippen molar-refractivity contribution < 1.29 is 9.47 Å². The molecule has 0 radical (unpaired) electrons. The molecule has 1 aliphatic heterocycles. The summed E-state index contributed by atoms with van der Waals surface area (Å²) in [5.74, 6) is 0. The molecule has 4 nitrogen and oxygen atoms in total. The monoisotopic (exact) mass is 288 g/mol. The standard InChI is InChI=1S/C11H17BrN2O2/c1-8-11(12)9(2)14(13-8)5-4-10-15-6-3-7-16-10/h10H,3-7H2,1-2H3. The summed E-state index contributed by atoms with van der Waals surface area (Å²) in [6.07, 6.45) is 1.80. The zero-order valence-electron chi connectivity index (χ0n) is 9.70. The Morgan fingerprint density at radius 3 is 2.62 bits per heavy atom. The third kappa shape index (κ3) is 2.64. The predicted molar refractivity (Wildman–Crippen MR) is 64.3 cm³/mol. The van der Waals surface area contributed by atoms with E-state index in [0.717, 1.165) is 48.5 Å². The Labute approximate surface area is 104 Å². The Kier molecular flexibility index (Phi) is 4.00. The fourth-order valence-electron chi connectivity index (χ4n) is 1.82. The van der Waals surface area contributed by atoms with E-state index in [1.165, 1.54) is 0 Å². The van der Waals surface area contributed by atoms with Gasteiger partial charge >= 0.3 is 0 Å². The number of hydrogen-bond donors (Lipinski definition) is 0. The van der Waals surface area contributed by atoms with E-state index >= 15 is 0 Å². The Balaban J connectivity index is 1.91. The summed E-state index contributed by atoms with van der Waals surface area (Å²) in [5.41, 5.74) is 2.19. The molecule has 0 N–H and O–H groups in total. The minimum Gasteiger partial charge on any atom is -0.353 e. The van der Waals surface area contributed by atoms with Crippen molar-refractivity contribution >= 4 is 15.9 Å². The van der Waals surface area contributed by atoms with Gasteiger partial charge in [0.1, 0.15) is 0 Å². The molecule has 0 saturated carbocycles. The van der Waals surface area contributed by atoms with E-state index in [-0.39, 0.29) is 6.29 Å². The van der Waals surface area contributed by atoms with Crippen LogP contribution in [0.4, 0.5) is 0 Å². The van der Waals surface area contributed by atoms with E-state index in [1.807, 2.05) is 11.6 Å². The van der Waals surface area contributed by atoms with E-state index in [0.29, 0.717) is 0 Å². The van der Waals surface area contributed by atoms with E-state index in [1.54, 1.807) is 0 Å². The van der Waals surface area contributed by atoms with Crippen LogP contribution in [-0.4, -0.2) is 29.3 Å². The molecule has 1 aromatic rings. The van der Waals surface area contributed by atoms with Crippen molar-refractivity contribution in [3.05, 3.63) is 15.9 Å². The molecule has 1 fully saturated rings. The topological polar surface area (TPSA) is 36.3 Å². The van der Waals surface area contributed by atoms with E-state index in [4.69, 9.17) is 9.47 Å². The largest absolute Gasteiger partial charge is 0.353 e. The maximum absolute atomic E-state index is 5.50. The molecule has 0 amide bonds. The average molecular weight is 289 g/mol. The third-order valence-electron chi connectivity index (χ3n) is 2.77. The van der Waals surface area contributed by atoms with Gasteiger partial charge in [0.05, 0.1) is 23.4 Å². The molecule has 0 spiro atoms. The highest BCUT2D eigenvalue weighted by Gasteiger charge is 2.15. The van der Waals surface area contributed by atoms with Crippen LogP contribution in [0.3, 0.4) is 0 Å². The zero-order valence-corrected chi connectivity index (χ0v) is 11.3. The fraction of sp³-hybridized carbons (Fsp3) is 0.727. The normalized spacial score (nSPS) is 17.9. The lowest BCUT2D eigenvalue weighted by Crippen LogP contribution is -2.26. The molecule has 0 aliphatic carbocycles. The van der Waals surface area contributed by atoms with Crippen LogP contribution < -0.4 is 0 Å². The van der Waals surface area contributed by atoms with Crippen LogP contribution in [0.25, 0.3) is 0 Å². The Morgan fingerprint density at radius 2 is 2.06 bits per heavy atom. The SMILES string of the molecule is Cc1nn(CCC2OCCCO2)c(C)c1Br. The number of halogens is 1. The van der Waals surface area contributed by atoms with Gasteiger partial charge < -0.3 is 9.47 Å². The summed E-state index contributed by atoms with van der Waals surface area (Å²) >= 11 is 3.52. The van der Waals surface area contributed by atoms with Crippen LogP contribution in [0, 0.1) is 13.8 Å². The van der Waals surface area contributed by atoms with Gasteiger partial charge in [-0.3, -0.25) is 4.68 Å². The third-order valence-corrected chi connectivity index (χ3v) is 3.91. The van der Waals surface area contributed by atoms with Crippen LogP contribution >= 0.6 is 15.9 Å². The average Bonchev–Trinajstić information content (AvgIpc) is 2.56. The Bertz CT molecular complexity index is 359. The lowest BCUT2D eigenvalue weighted by Gasteiger charge is -2.23. The molecule has 2 rings (SSSR count). The van der Waals surface area contributed by atoms with Crippen molar-refractivity contribution in [2.24, 2.45) is 0 Å². The molecule has 0 bridgehead atoms. The van der Waals surface area contributed by atoms with Crippen molar-refractivity contribution in [1.82, 2.24) is 9.78 Å². The van der Waals surface area contributed by atoms with Gasteiger partial charge in [-0.2, -0.15) is 5.10 Å². The van der Waals surface area contributed by atoms with Crippen molar-refractivity contribution in [3.63, 3.8) is 0 Å². The molecule has 0 atom stereocenters. The zero-order chi connectivity index (χ0) is 11.5. The van der Waals surface area contributed by atoms with Gasteiger partial charge in [0.25, 0.3) is 0 Å². The summed E-state index contributed by atoms with van der Waals surface area (Å²) < 4.78 is 14.1. The molecule has 1 aliphatic rings. The number of nitrogens with zero attached hydrogens (tertiary/aromatic N) is 2. The number of hydrogen-bond acceptors (Lipinski definition) is 3. The number of aromatic nitrogens is 2. The number of ether oxygens (including phenoxy) is 2. The van der Waals surface area contributed by atoms with Gasteiger partial charge in [0.15, 0.2) is 6.29 Å². The molecule has 1 saturated heterocycles. The number of aryl methyl sites for hydroxylation is 2. The highest BCUT2D eigenvalue weighted by Crippen LogP contribution is 2.20. The fourth-order valence-corrected chi connectivity index (χ4v) is 2.11. The molecule has 0 unspecified atom stereocenters. The van der Waals surface area contributed by atoms with E-state index in [2.05, 4.69) is 28.0 Å². The van der Waals surface area contributed by atoms with Crippen LogP contribution in [-0.2, 0) is 16.0 Å². The molecular formula is C11H17BrN2O2. The molecule has 5 heteroatoms. The maximum Gasteiger partial charge on any atom is 0.159 e. The Morgan fingerprint density at radius 1 is 1.38 bits per heavy atom. The second kappa shape index (κ2) is 5.29. The second-order valence-electron chi connectivity index (χ2n) is 4.02.